The molecule has 1 unspecified atom stereocenters. The van der Waals surface area contributed by atoms with E-state index in [1.807, 2.05) is 0 Å². The second-order valence-corrected chi connectivity index (χ2v) is 3.33. The SMILES string of the molecule is O=C1CNC(=O)N2CCCCC12. The number of fused-ring (bicyclic) bond motifs is 1. The lowest BCUT2D eigenvalue weighted by Gasteiger charge is -2.37. The Morgan fingerprint density at radius 3 is 2.92 bits per heavy atom. The molecule has 2 rings (SSSR count). The van der Waals surface area contributed by atoms with Gasteiger partial charge in [0.2, 0.25) is 0 Å². The number of urea groups is 1. The molecule has 2 amide bonds. The largest absolute Gasteiger partial charge is 0.331 e. The van der Waals surface area contributed by atoms with Crippen LogP contribution >= 0.6 is 0 Å². The molecule has 4 heteroatoms. The predicted molar refractivity (Wildman–Crippen MR) is 42.8 cm³/mol. The maximum absolute atomic E-state index is 11.3. The fourth-order valence-corrected chi connectivity index (χ4v) is 1.89. The number of amides is 2. The van der Waals surface area contributed by atoms with Crippen LogP contribution in [0.15, 0.2) is 0 Å². The van der Waals surface area contributed by atoms with Gasteiger partial charge < -0.3 is 10.2 Å². The molecule has 2 aliphatic rings. The van der Waals surface area contributed by atoms with E-state index in [9.17, 15) is 9.59 Å². The lowest BCUT2D eigenvalue weighted by Crippen LogP contribution is -2.59. The number of carbonyl (C=O) groups is 2. The van der Waals surface area contributed by atoms with Crippen molar-refractivity contribution in [2.75, 3.05) is 13.1 Å². The molecule has 2 aliphatic heterocycles. The molecule has 66 valence electrons. The molecule has 0 spiro atoms. The third kappa shape index (κ3) is 1.07. The summed E-state index contributed by atoms with van der Waals surface area (Å²) in [7, 11) is 0. The zero-order valence-corrected chi connectivity index (χ0v) is 6.88. The molecule has 0 bridgehead atoms. The Bertz CT molecular complexity index is 203. The van der Waals surface area contributed by atoms with E-state index in [2.05, 4.69) is 5.32 Å². The number of hydrogen-bond acceptors (Lipinski definition) is 2. The van der Waals surface area contributed by atoms with Crippen LogP contribution in [0.25, 0.3) is 0 Å². The van der Waals surface area contributed by atoms with E-state index >= 15 is 0 Å². The van der Waals surface area contributed by atoms with Gasteiger partial charge in [0.25, 0.3) is 0 Å². The minimum absolute atomic E-state index is 0.0701. The van der Waals surface area contributed by atoms with E-state index in [4.69, 9.17) is 0 Å². The topological polar surface area (TPSA) is 49.4 Å². The summed E-state index contributed by atoms with van der Waals surface area (Å²) < 4.78 is 0. The van der Waals surface area contributed by atoms with Crippen molar-refractivity contribution >= 4 is 11.8 Å². The van der Waals surface area contributed by atoms with Crippen LogP contribution in [0.2, 0.25) is 0 Å². The Hall–Kier alpha value is -1.06. The number of piperidine rings is 1. The summed E-state index contributed by atoms with van der Waals surface area (Å²) in [6.45, 7) is 0.961. The molecule has 2 heterocycles. The van der Waals surface area contributed by atoms with Crippen LogP contribution in [0, 0.1) is 0 Å². The van der Waals surface area contributed by atoms with Gasteiger partial charge in [0.1, 0.15) is 0 Å². The first-order valence-corrected chi connectivity index (χ1v) is 4.36. The molecular weight excluding hydrogens is 156 g/mol. The van der Waals surface area contributed by atoms with Gasteiger partial charge in [0.05, 0.1) is 12.6 Å². The zero-order valence-electron chi connectivity index (χ0n) is 6.88. The first-order chi connectivity index (χ1) is 5.79. The van der Waals surface area contributed by atoms with Crippen LogP contribution in [0.3, 0.4) is 0 Å². The zero-order chi connectivity index (χ0) is 8.55. The summed E-state index contributed by atoms with van der Waals surface area (Å²) in [5, 5.41) is 2.57. The van der Waals surface area contributed by atoms with Gasteiger partial charge in [0, 0.05) is 6.54 Å². The Kier molecular flexibility index (Phi) is 1.75. The molecule has 4 nitrogen and oxygen atoms in total. The number of carbonyl (C=O) groups excluding carboxylic acids is 2. The molecule has 0 aromatic rings. The Morgan fingerprint density at radius 1 is 1.33 bits per heavy atom. The van der Waals surface area contributed by atoms with E-state index in [0.717, 1.165) is 25.8 Å². The van der Waals surface area contributed by atoms with Crippen molar-refractivity contribution < 1.29 is 9.59 Å². The average Bonchev–Trinajstić information content (AvgIpc) is 2.12. The molecule has 1 atom stereocenters. The van der Waals surface area contributed by atoms with Crippen LogP contribution in [0.1, 0.15) is 19.3 Å². The lowest BCUT2D eigenvalue weighted by molar-refractivity contribution is -0.124. The highest BCUT2D eigenvalue weighted by molar-refractivity contribution is 5.95. The Balaban J connectivity index is 2.16. The maximum atomic E-state index is 11.3. The highest BCUT2D eigenvalue weighted by Gasteiger charge is 2.35. The average molecular weight is 168 g/mol. The van der Waals surface area contributed by atoms with Crippen molar-refractivity contribution in [2.24, 2.45) is 0 Å². The normalized spacial score (nSPS) is 29.7. The standard InChI is InChI=1S/C8H12N2O2/c11-7-5-9-8(12)10-4-2-1-3-6(7)10/h6H,1-5H2,(H,9,12). The van der Waals surface area contributed by atoms with Crippen LogP contribution in [0.4, 0.5) is 4.79 Å². The van der Waals surface area contributed by atoms with Gasteiger partial charge in [-0.2, -0.15) is 0 Å². The van der Waals surface area contributed by atoms with Gasteiger partial charge in [-0.3, -0.25) is 4.79 Å². The molecule has 1 N–H and O–H groups in total. The summed E-state index contributed by atoms with van der Waals surface area (Å²) in [4.78, 5) is 24.2. The highest BCUT2D eigenvalue weighted by atomic mass is 16.2. The Morgan fingerprint density at radius 2 is 2.17 bits per heavy atom. The second-order valence-electron chi connectivity index (χ2n) is 3.33. The van der Waals surface area contributed by atoms with Crippen LogP contribution in [-0.2, 0) is 4.79 Å². The van der Waals surface area contributed by atoms with Crippen molar-refractivity contribution in [2.45, 2.75) is 25.3 Å². The first kappa shape index (κ1) is 7.58. The fourth-order valence-electron chi connectivity index (χ4n) is 1.89. The summed E-state index contributed by atoms with van der Waals surface area (Å²) >= 11 is 0. The van der Waals surface area contributed by atoms with E-state index in [0.29, 0.717) is 0 Å². The summed E-state index contributed by atoms with van der Waals surface area (Å²) in [6.07, 6.45) is 2.95. The molecular formula is C8H12N2O2. The molecule has 2 fully saturated rings. The Labute approximate surface area is 70.9 Å². The van der Waals surface area contributed by atoms with Gasteiger partial charge >= 0.3 is 6.03 Å². The van der Waals surface area contributed by atoms with Crippen molar-refractivity contribution in [3.8, 4) is 0 Å². The van der Waals surface area contributed by atoms with Crippen molar-refractivity contribution in [1.29, 1.82) is 0 Å². The number of ketones is 1. The molecule has 0 saturated carbocycles. The minimum atomic E-state index is -0.118. The van der Waals surface area contributed by atoms with Gasteiger partial charge in [0.15, 0.2) is 5.78 Å². The van der Waals surface area contributed by atoms with E-state index in [1.54, 1.807) is 4.90 Å². The fraction of sp³-hybridized carbons (Fsp3) is 0.750. The summed E-state index contributed by atoms with van der Waals surface area (Å²) in [6, 6.07) is -0.188. The first-order valence-electron chi connectivity index (χ1n) is 4.36. The van der Waals surface area contributed by atoms with Gasteiger partial charge in [-0.05, 0) is 19.3 Å². The number of Topliss-reactive ketones (excluding diaryl/α,β-unsaturated/α-hetero) is 1. The molecule has 0 radical (unpaired) electrons. The number of rotatable bonds is 0. The number of hydrogen-bond donors (Lipinski definition) is 1. The van der Waals surface area contributed by atoms with E-state index in [1.165, 1.54) is 0 Å². The quantitative estimate of drug-likeness (QED) is 0.559. The van der Waals surface area contributed by atoms with E-state index < -0.39 is 0 Å². The lowest BCUT2D eigenvalue weighted by atomic mass is 9.97. The molecule has 0 aliphatic carbocycles. The smallest absolute Gasteiger partial charge is 0.318 e. The molecule has 0 aromatic carbocycles. The van der Waals surface area contributed by atoms with Crippen LogP contribution in [0.5, 0.6) is 0 Å². The molecule has 0 aromatic heterocycles. The second kappa shape index (κ2) is 2.77. The summed E-state index contributed by atoms with van der Waals surface area (Å²) in [5.41, 5.74) is 0. The highest BCUT2D eigenvalue weighted by Crippen LogP contribution is 2.19. The van der Waals surface area contributed by atoms with Crippen molar-refractivity contribution in [3.05, 3.63) is 0 Å². The minimum Gasteiger partial charge on any atom is -0.331 e. The predicted octanol–water partition coefficient (Wildman–Crippen LogP) is 0.133. The summed E-state index contributed by atoms with van der Waals surface area (Å²) in [5.74, 6) is 0.161. The number of nitrogens with one attached hydrogen (secondary N) is 1. The van der Waals surface area contributed by atoms with Crippen LogP contribution in [-0.4, -0.2) is 35.8 Å². The molecule has 2 saturated heterocycles. The van der Waals surface area contributed by atoms with Gasteiger partial charge in [-0.25, -0.2) is 4.79 Å². The van der Waals surface area contributed by atoms with Gasteiger partial charge in [-0.15, -0.1) is 0 Å². The third-order valence-corrected chi connectivity index (χ3v) is 2.55. The maximum Gasteiger partial charge on any atom is 0.318 e. The van der Waals surface area contributed by atoms with E-state index in [-0.39, 0.29) is 24.4 Å². The van der Waals surface area contributed by atoms with Crippen molar-refractivity contribution in [1.82, 2.24) is 10.2 Å². The van der Waals surface area contributed by atoms with Gasteiger partial charge in [-0.1, -0.05) is 0 Å². The van der Waals surface area contributed by atoms with Crippen molar-refractivity contribution in [3.63, 3.8) is 0 Å². The molecule has 12 heavy (non-hydrogen) atoms. The monoisotopic (exact) mass is 168 g/mol. The third-order valence-electron chi connectivity index (χ3n) is 2.55. The number of nitrogens with zero attached hydrogens (tertiary/aromatic N) is 1. The van der Waals surface area contributed by atoms with Crippen LogP contribution < -0.4 is 5.32 Å².